The zero-order valence-electron chi connectivity index (χ0n) is 12.5. The number of nitrogens with two attached hydrogens (primary N) is 1. The van der Waals surface area contributed by atoms with Gasteiger partial charge in [-0.1, -0.05) is 42.8 Å². The average Bonchev–Trinajstić information content (AvgIpc) is 2.53. The molecule has 0 saturated carbocycles. The van der Waals surface area contributed by atoms with E-state index >= 15 is 0 Å². The quantitative estimate of drug-likeness (QED) is 0.909. The summed E-state index contributed by atoms with van der Waals surface area (Å²) in [5.74, 6) is 1.11. The van der Waals surface area contributed by atoms with Gasteiger partial charge >= 0.3 is 0 Å². The third-order valence-corrected chi connectivity index (χ3v) is 3.84. The Hall–Kier alpha value is -1.71. The number of rotatable bonds is 5. The number of methoxy groups -OCH3 is 2. The minimum absolute atomic E-state index is 0.256. The van der Waals surface area contributed by atoms with Crippen LogP contribution in [0.2, 0.25) is 5.02 Å². The van der Waals surface area contributed by atoms with Gasteiger partial charge in [-0.15, -0.1) is 0 Å². The van der Waals surface area contributed by atoms with Crippen molar-refractivity contribution in [3.8, 4) is 11.5 Å². The topological polar surface area (TPSA) is 44.5 Å². The van der Waals surface area contributed by atoms with E-state index in [4.69, 9.17) is 26.8 Å². The molecule has 0 aromatic heterocycles. The lowest BCUT2D eigenvalue weighted by molar-refractivity contribution is 0.354. The maximum Gasteiger partial charge on any atom is 0.179 e. The maximum atomic E-state index is 6.34. The van der Waals surface area contributed by atoms with Gasteiger partial charge in [-0.3, -0.25) is 0 Å². The highest BCUT2D eigenvalue weighted by molar-refractivity contribution is 6.32. The Kier molecular flexibility index (Phi) is 5.10. The van der Waals surface area contributed by atoms with E-state index in [2.05, 4.69) is 19.1 Å². The summed E-state index contributed by atoms with van der Waals surface area (Å²) in [7, 11) is 3.15. The summed E-state index contributed by atoms with van der Waals surface area (Å²) in [5.41, 5.74) is 9.55. The van der Waals surface area contributed by atoms with Crippen molar-refractivity contribution >= 4 is 11.6 Å². The highest BCUT2D eigenvalue weighted by Crippen LogP contribution is 2.38. The molecular weight excluding hydrogens is 286 g/mol. The zero-order chi connectivity index (χ0) is 15.4. The first-order valence-corrected chi connectivity index (χ1v) is 7.24. The first-order chi connectivity index (χ1) is 10.1. The number of ether oxygens (including phenoxy) is 2. The average molecular weight is 306 g/mol. The van der Waals surface area contributed by atoms with Gasteiger partial charge in [0.25, 0.3) is 0 Å². The molecule has 21 heavy (non-hydrogen) atoms. The first-order valence-electron chi connectivity index (χ1n) is 6.86. The second-order valence-electron chi connectivity index (χ2n) is 4.81. The van der Waals surface area contributed by atoms with Crippen LogP contribution in [0.15, 0.2) is 36.4 Å². The SMILES string of the molecule is CCc1ccc(C(N)c2cc(Cl)c(OC)c(OC)c2)cc1. The minimum atomic E-state index is -0.256. The normalized spacial score (nSPS) is 12.0. The summed E-state index contributed by atoms with van der Waals surface area (Å²) >= 11 is 6.23. The number of benzene rings is 2. The molecule has 0 saturated heterocycles. The Bertz CT molecular complexity index is 611. The van der Waals surface area contributed by atoms with Crippen molar-refractivity contribution in [2.24, 2.45) is 5.73 Å². The van der Waals surface area contributed by atoms with Gasteiger partial charge in [0.15, 0.2) is 11.5 Å². The molecule has 0 fully saturated rings. The number of aryl methyl sites for hydroxylation is 1. The van der Waals surface area contributed by atoms with Crippen LogP contribution in [-0.4, -0.2) is 14.2 Å². The fourth-order valence-corrected chi connectivity index (χ4v) is 2.57. The summed E-state index contributed by atoms with van der Waals surface area (Å²) < 4.78 is 10.6. The molecule has 0 aliphatic carbocycles. The van der Waals surface area contributed by atoms with Crippen LogP contribution >= 0.6 is 11.6 Å². The summed E-state index contributed by atoms with van der Waals surface area (Å²) in [5, 5.41) is 0.493. The van der Waals surface area contributed by atoms with E-state index in [1.165, 1.54) is 5.56 Å². The molecule has 2 aromatic rings. The fraction of sp³-hybridized carbons (Fsp3) is 0.294. The Morgan fingerprint density at radius 3 is 2.24 bits per heavy atom. The lowest BCUT2D eigenvalue weighted by Crippen LogP contribution is -2.12. The lowest BCUT2D eigenvalue weighted by Gasteiger charge is -2.17. The van der Waals surface area contributed by atoms with Crippen LogP contribution in [-0.2, 0) is 6.42 Å². The molecule has 4 heteroatoms. The largest absolute Gasteiger partial charge is 0.493 e. The van der Waals surface area contributed by atoms with Crippen molar-refractivity contribution in [2.75, 3.05) is 14.2 Å². The van der Waals surface area contributed by atoms with Crippen LogP contribution in [0.3, 0.4) is 0 Å². The van der Waals surface area contributed by atoms with Crippen LogP contribution in [0.25, 0.3) is 0 Å². The van der Waals surface area contributed by atoms with E-state index in [-0.39, 0.29) is 6.04 Å². The third-order valence-electron chi connectivity index (χ3n) is 3.56. The smallest absolute Gasteiger partial charge is 0.179 e. The van der Waals surface area contributed by atoms with Gasteiger partial charge < -0.3 is 15.2 Å². The van der Waals surface area contributed by atoms with Gasteiger partial charge in [-0.05, 0) is 35.2 Å². The standard InChI is InChI=1S/C17H20ClNO2/c1-4-11-5-7-12(8-6-11)16(19)13-9-14(18)17(21-3)15(10-13)20-2/h5-10,16H,4,19H2,1-3H3. The molecule has 1 atom stereocenters. The van der Waals surface area contributed by atoms with E-state index in [0.29, 0.717) is 16.5 Å². The predicted molar refractivity (Wildman–Crippen MR) is 86.4 cm³/mol. The zero-order valence-corrected chi connectivity index (χ0v) is 13.3. The van der Waals surface area contributed by atoms with Crippen molar-refractivity contribution < 1.29 is 9.47 Å². The molecule has 0 radical (unpaired) electrons. The van der Waals surface area contributed by atoms with E-state index in [0.717, 1.165) is 17.5 Å². The molecule has 1 unspecified atom stereocenters. The molecule has 3 nitrogen and oxygen atoms in total. The van der Waals surface area contributed by atoms with Crippen LogP contribution < -0.4 is 15.2 Å². The van der Waals surface area contributed by atoms with E-state index in [9.17, 15) is 0 Å². The van der Waals surface area contributed by atoms with Crippen LogP contribution in [0, 0.1) is 0 Å². The molecule has 0 aliphatic heterocycles. The molecule has 0 amide bonds. The first kappa shape index (κ1) is 15.7. The monoisotopic (exact) mass is 305 g/mol. The number of hydrogen-bond donors (Lipinski definition) is 1. The molecule has 0 spiro atoms. The molecule has 0 aliphatic rings. The second-order valence-corrected chi connectivity index (χ2v) is 5.22. The van der Waals surface area contributed by atoms with Gasteiger partial charge in [0.2, 0.25) is 0 Å². The van der Waals surface area contributed by atoms with Gasteiger partial charge in [0.05, 0.1) is 25.3 Å². The van der Waals surface area contributed by atoms with Gasteiger partial charge in [0, 0.05) is 0 Å². The minimum Gasteiger partial charge on any atom is -0.493 e. The highest BCUT2D eigenvalue weighted by atomic mass is 35.5. The summed E-state index contributed by atoms with van der Waals surface area (Å²) in [4.78, 5) is 0. The Balaban J connectivity index is 2.38. The molecule has 2 N–H and O–H groups in total. The van der Waals surface area contributed by atoms with Gasteiger partial charge in [-0.25, -0.2) is 0 Å². The van der Waals surface area contributed by atoms with Gasteiger partial charge in [0.1, 0.15) is 0 Å². The summed E-state index contributed by atoms with van der Waals surface area (Å²) in [6.45, 7) is 2.13. The fourth-order valence-electron chi connectivity index (χ4n) is 2.27. The van der Waals surface area contributed by atoms with Crippen molar-refractivity contribution in [3.63, 3.8) is 0 Å². The molecule has 2 rings (SSSR count). The molecule has 112 valence electrons. The molecular formula is C17H20ClNO2. The highest BCUT2D eigenvalue weighted by Gasteiger charge is 2.16. The van der Waals surface area contributed by atoms with Crippen LogP contribution in [0.4, 0.5) is 0 Å². The van der Waals surface area contributed by atoms with Crippen molar-refractivity contribution in [1.82, 2.24) is 0 Å². The lowest BCUT2D eigenvalue weighted by atomic mass is 9.98. The molecule has 0 bridgehead atoms. The van der Waals surface area contributed by atoms with Crippen LogP contribution in [0.5, 0.6) is 11.5 Å². The molecule has 0 heterocycles. The van der Waals surface area contributed by atoms with Crippen molar-refractivity contribution in [1.29, 1.82) is 0 Å². The van der Waals surface area contributed by atoms with Gasteiger partial charge in [-0.2, -0.15) is 0 Å². The van der Waals surface area contributed by atoms with Crippen LogP contribution in [0.1, 0.15) is 29.7 Å². The van der Waals surface area contributed by atoms with E-state index < -0.39 is 0 Å². The Labute approximate surface area is 130 Å². The second kappa shape index (κ2) is 6.83. The summed E-state index contributed by atoms with van der Waals surface area (Å²) in [6.07, 6.45) is 1.01. The number of halogens is 1. The van der Waals surface area contributed by atoms with E-state index in [1.807, 2.05) is 24.3 Å². The Morgan fingerprint density at radius 1 is 1.05 bits per heavy atom. The maximum absolute atomic E-state index is 6.34. The predicted octanol–water partition coefficient (Wildman–Crippen LogP) is 3.97. The van der Waals surface area contributed by atoms with Crippen molar-refractivity contribution in [2.45, 2.75) is 19.4 Å². The van der Waals surface area contributed by atoms with Crippen molar-refractivity contribution in [3.05, 3.63) is 58.1 Å². The van der Waals surface area contributed by atoms with E-state index in [1.54, 1.807) is 14.2 Å². The third kappa shape index (κ3) is 3.31. The summed E-state index contributed by atoms with van der Waals surface area (Å²) in [6, 6.07) is 11.7. The molecule has 2 aromatic carbocycles. The Morgan fingerprint density at radius 2 is 1.71 bits per heavy atom. The number of hydrogen-bond acceptors (Lipinski definition) is 3.